The molecule has 9 heteroatoms. The molecular formula is C16H21ClF3N3O2. The van der Waals surface area contributed by atoms with E-state index >= 15 is 0 Å². The number of benzene rings is 1. The molecule has 1 aromatic carbocycles. The van der Waals surface area contributed by atoms with Crippen LogP contribution in [0.2, 0.25) is 5.02 Å². The second kappa shape index (κ2) is 8.84. The van der Waals surface area contributed by atoms with Crippen LogP contribution in [0.4, 0.5) is 18.9 Å². The first-order valence-electron chi connectivity index (χ1n) is 7.90. The average molecular weight is 380 g/mol. The van der Waals surface area contributed by atoms with Gasteiger partial charge >= 0.3 is 6.18 Å². The van der Waals surface area contributed by atoms with Crippen LogP contribution in [0.1, 0.15) is 5.56 Å². The number of methoxy groups -OCH3 is 1. The number of carbonyl (C=O) groups is 1. The fourth-order valence-corrected chi connectivity index (χ4v) is 2.84. The standard InChI is InChI=1S/C16H21ClF3N3O2/c1-25-9-8-22-4-6-23(7-5-22)11-15(24)21-12-2-3-14(17)13(10-12)16(18,19)20/h2-3,10H,4-9,11H2,1H3,(H,21,24). The Labute approximate surface area is 149 Å². The highest BCUT2D eigenvalue weighted by Gasteiger charge is 2.33. The molecule has 5 nitrogen and oxygen atoms in total. The number of nitrogens with zero attached hydrogens (tertiary/aromatic N) is 2. The summed E-state index contributed by atoms with van der Waals surface area (Å²) in [4.78, 5) is 16.3. The molecule has 1 fully saturated rings. The SMILES string of the molecule is COCCN1CCN(CC(=O)Nc2ccc(Cl)c(C(F)(F)F)c2)CC1. The third-order valence-electron chi connectivity index (χ3n) is 4.00. The lowest BCUT2D eigenvalue weighted by molar-refractivity contribution is -0.137. The molecule has 1 aliphatic heterocycles. The Kier molecular flexibility index (Phi) is 7.06. The molecule has 0 saturated carbocycles. The molecule has 1 aromatic rings. The lowest BCUT2D eigenvalue weighted by atomic mass is 10.2. The molecule has 140 valence electrons. The first-order chi connectivity index (χ1) is 11.8. The zero-order valence-electron chi connectivity index (χ0n) is 13.9. The molecule has 0 unspecified atom stereocenters. The Balaban J connectivity index is 1.85. The largest absolute Gasteiger partial charge is 0.417 e. The summed E-state index contributed by atoms with van der Waals surface area (Å²) in [7, 11) is 1.65. The Morgan fingerprint density at radius 2 is 1.88 bits per heavy atom. The number of amides is 1. The van der Waals surface area contributed by atoms with Crippen LogP contribution in [-0.2, 0) is 15.7 Å². The normalized spacial score (nSPS) is 16.8. The summed E-state index contributed by atoms with van der Waals surface area (Å²) >= 11 is 5.57. The smallest absolute Gasteiger partial charge is 0.383 e. The fourth-order valence-electron chi connectivity index (χ4n) is 2.62. The van der Waals surface area contributed by atoms with Gasteiger partial charge in [-0.25, -0.2) is 0 Å². The van der Waals surface area contributed by atoms with Crippen molar-refractivity contribution in [2.75, 3.05) is 58.3 Å². The monoisotopic (exact) mass is 379 g/mol. The maximum absolute atomic E-state index is 12.8. The van der Waals surface area contributed by atoms with Crippen molar-refractivity contribution in [1.29, 1.82) is 0 Å². The summed E-state index contributed by atoms with van der Waals surface area (Å²) in [5.74, 6) is -0.346. The minimum Gasteiger partial charge on any atom is -0.383 e. The lowest BCUT2D eigenvalue weighted by Crippen LogP contribution is -2.49. The number of halogens is 4. The maximum atomic E-state index is 12.8. The summed E-state index contributed by atoms with van der Waals surface area (Å²) in [6, 6.07) is 3.34. The van der Waals surface area contributed by atoms with E-state index in [0.717, 1.165) is 44.9 Å². The van der Waals surface area contributed by atoms with Crippen molar-refractivity contribution in [3.8, 4) is 0 Å². The van der Waals surface area contributed by atoms with E-state index in [9.17, 15) is 18.0 Å². The lowest BCUT2D eigenvalue weighted by Gasteiger charge is -2.34. The predicted molar refractivity (Wildman–Crippen MR) is 89.8 cm³/mol. The molecular weight excluding hydrogens is 359 g/mol. The van der Waals surface area contributed by atoms with Crippen LogP contribution < -0.4 is 5.32 Å². The number of anilines is 1. The van der Waals surface area contributed by atoms with Crippen LogP contribution in [0, 0.1) is 0 Å². The number of piperazine rings is 1. The number of hydrogen-bond acceptors (Lipinski definition) is 4. The summed E-state index contributed by atoms with van der Waals surface area (Å²) < 4.78 is 43.6. The van der Waals surface area contributed by atoms with Gasteiger partial charge < -0.3 is 10.1 Å². The number of alkyl halides is 3. The Morgan fingerprint density at radius 3 is 2.48 bits per heavy atom. The molecule has 0 aromatic heterocycles. The van der Waals surface area contributed by atoms with E-state index in [4.69, 9.17) is 16.3 Å². The van der Waals surface area contributed by atoms with E-state index in [1.165, 1.54) is 6.07 Å². The molecule has 0 spiro atoms. The van der Waals surface area contributed by atoms with Crippen molar-refractivity contribution in [3.63, 3.8) is 0 Å². The van der Waals surface area contributed by atoms with Gasteiger partial charge in [0.25, 0.3) is 0 Å². The van der Waals surface area contributed by atoms with Crippen molar-refractivity contribution >= 4 is 23.2 Å². The molecule has 1 aliphatic rings. The van der Waals surface area contributed by atoms with E-state index < -0.39 is 16.8 Å². The highest BCUT2D eigenvalue weighted by atomic mass is 35.5. The summed E-state index contributed by atoms with van der Waals surface area (Å²) in [5.41, 5.74) is -0.876. The van der Waals surface area contributed by atoms with Crippen LogP contribution in [0.25, 0.3) is 0 Å². The van der Waals surface area contributed by atoms with Gasteiger partial charge in [0.2, 0.25) is 5.91 Å². The fraction of sp³-hybridized carbons (Fsp3) is 0.562. The highest BCUT2D eigenvalue weighted by Crippen LogP contribution is 2.36. The molecule has 1 N–H and O–H groups in total. The first-order valence-corrected chi connectivity index (χ1v) is 8.27. The van der Waals surface area contributed by atoms with E-state index in [1.807, 2.05) is 4.90 Å². The van der Waals surface area contributed by atoms with E-state index in [1.54, 1.807) is 7.11 Å². The summed E-state index contributed by atoms with van der Waals surface area (Å²) in [6.07, 6.45) is -4.56. The van der Waals surface area contributed by atoms with Crippen LogP contribution in [0.3, 0.4) is 0 Å². The zero-order chi connectivity index (χ0) is 18.4. The quantitative estimate of drug-likeness (QED) is 0.825. The molecule has 1 amide bonds. The van der Waals surface area contributed by atoms with Gasteiger partial charge in [-0.2, -0.15) is 13.2 Å². The van der Waals surface area contributed by atoms with Gasteiger partial charge in [-0.15, -0.1) is 0 Å². The average Bonchev–Trinajstić information content (AvgIpc) is 2.55. The molecule has 0 bridgehead atoms. The second-order valence-corrected chi connectivity index (χ2v) is 6.26. The van der Waals surface area contributed by atoms with Gasteiger partial charge in [0.1, 0.15) is 0 Å². The van der Waals surface area contributed by atoms with Gasteiger partial charge in [-0.1, -0.05) is 11.6 Å². The minimum absolute atomic E-state index is 0.0838. The highest BCUT2D eigenvalue weighted by molar-refractivity contribution is 6.31. The van der Waals surface area contributed by atoms with Crippen LogP contribution in [-0.4, -0.2) is 68.7 Å². The third-order valence-corrected chi connectivity index (χ3v) is 4.33. The summed E-state index contributed by atoms with van der Waals surface area (Å²) in [6.45, 7) is 4.77. The van der Waals surface area contributed by atoms with Crippen LogP contribution in [0.15, 0.2) is 18.2 Å². The van der Waals surface area contributed by atoms with Crippen molar-refractivity contribution in [3.05, 3.63) is 28.8 Å². The number of ether oxygens (including phenoxy) is 1. The molecule has 1 heterocycles. The number of nitrogens with one attached hydrogen (secondary N) is 1. The topological polar surface area (TPSA) is 44.8 Å². The molecule has 0 aliphatic carbocycles. The van der Waals surface area contributed by atoms with Gasteiger partial charge in [0.05, 0.1) is 23.7 Å². The van der Waals surface area contributed by atoms with Crippen LogP contribution in [0.5, 0.6) is 0 Å². The Hall–Kier alpha value is -1.35. The van der Waals surface area contributed by atoms with Crippen molar-refractivity contribution in [2.45, 2.75) is 6.18 Å². The number of rotatable bonds is 6. The molecule has 0 atom stereocenters. The van der Waals surface area contributed by atoms with Gasteiger partial charge in [-0.3, -0.25) is 14.6 Å². The van der Waals surface area contributed by atoms with E-state index in [2.05, 4.69) is 10.2 Å². The minimum atomic E-state index is -4.56. The number of carbonyl (C=O) groups excluding carboxylic acids is 1. The predicted octanol–water partition coefficient (Wildman–Crippen LogP) is 2.56. The van der Waals surface area contributed by atoms with E-state index in [0.29, 0.717) is 6.61 Å². The Morgan fingerprint density at radius 1 is 1.24 bits per heavy atom. The summed E-state index contributed by atoms with van der Waals surface area (Å²) in [5, 5.41) is 2.11. The third kappa shape index (κ3) is 6.14. The van der Waals surface area contributed by atoms with Gasteiger partial charge in [0.15, 0.2) is 0 Å². The zero-order valence-corrected chi connectivity index (χ0v) is 14.7. The molecule has 0 radical (unpaired) electrons. The maximum Gasteiger partial charge on any atom is 0.417 e. The molecule has 2 rings (SSSR count). The van der Waals surface area contributed by atoms with Crippen molar-refractivity contribution in [1.82, 2.24) is 9.80 Å². The van der Waals surface area contributed by atoms with Gasteiger partial charge in [0, 0.05) is 45.5 Å². The number of hydrogen-bond donors (Lipinski definition) is 1. The van der Waals surface area contributed by atoms with Crippen molar-refractivity contribution < 1.29 is 22.7 Å². The van der Waals surface area contributed by atoms with Gasteiger partial charge in [-0.05, 0) is 18.2 Å². The first kappa shape index (κ1) is 20.0. The molecule has 1 saturated heterocycles. The molecule has 25 heavy (non-hydrogen) atoms. The van der Waals surface area contributed by atoms with E-state index in [-0.39, 0.29) is 18.1 Å². The van der Waals surface area contributed by atoms with Crippen LogP contribution >= 0.6 is 11.6 Å². The second-order valence-electron chi connectivity index (χ2n) is 5.85. The van der Waals surface area contributed by atoms with Crippen molar-refractivity contribution in [2.24, 2.45) is 0 Å². The Bertz CT molecular complexity index is 590.